The Morgan fingerprint density at radius 1 is 1.44 bits per heavy atom. The molecule has 0 bridgehead atoms. The molecule has 3 heterocycles. The fourth-order valence-electron chi connectivity index (χ4n) is 2.86. The van der Waals surface area contributed by atoms with Crippen LogP contribution in [0.3, 0.4) is 0 Å². The number of anilines is 1. The summed E-state index contributed by atoms with van der Waals surface area (Å²) >= 11 is 9.49. The van der Waals surface area contributed by atoms with Gasteiger partial charge in [0.05, 0.1) is 10.2 Å². The van der Waals surface area contributed by atoms with Gasteiger partial charge in [-0.05, 0) is 28.1 Å². The van der Waals surface area contributed by atoms with E-state index >= 15 is 0 Å². The first-order chi connectivity index (χ1) is 11.8. The van der Waals surface area contributed by atoms with E-state index in [1.165, 1.54) is 27.8 Å². The molecule has 1 aliphatic heterocycles. The molecule has 25 heavy (non-hydrogen) atoms. The van der Waals surface area contributed by atoms with Gasteiger partial charge in [0.25, 0.3) is 0 Å². The van der Waals surface area contributed by atoms with Gasteiger partial charge >= 0.3 is 0 Å². The second-order valence-corrected chi connectivity index (χ2v) is 6.90. The predicted molar refractivity (Wildman–Crippen MR) is 92.6 cm³/mol. The average molecular weight is 431 g/mol. The van der Waals surface area contributed by atoms with Gasteiger partial charge in [-0.2, -0.15) is 9.49 Å². The Labute approximate surface area is 156 Å². The Kier molecular flexibility index (Phi) is 4.79. The van der Waals surface area contributed by atoms with Crippen molar-refractivity contribution in [3.8, 4) is 0 Å². The van der Waals surface area contributed by atoms with E-state index in [0.29, 0.717) is 21.9 Å². The number of carbonyl (C=O) groups is 2. The highest BCUT2D eigenvalue weighted by molar-refractivity contribution is 9.10. The molecule has 2 aromatic rings. The number of hydrogen-bond donors (Lipinski definition) is 1. The van der Waals surface area contributed by atoms with Gasteiger partial charge in [0.2, 0.25) is 17.8 Å². The van der Waals surface area contributed by atoms with E-state index in [1.54, 1.807) is 14.1 Å². The highest BCUT2D eigenvalue weighted by Crippen LogP contribution is 2.39. The van der Waals surface area contributed by atoms with Crippen molar-refractivity contribution in [3.05, 3.63) is 39.5 Å². The Balaban J connectivity index is 1.92. The lowest BCUT2D eigenvalue weighted by Gasteiger charge is -2.15. The predicted octanol–water partition coefficient (Wildman–Crippen LogP) is 2.18. The van der Waals surface area contributed by atoms with Crippen molar-refractivity contribution in [1.82, 2.24) is 19.7 Å². The third-order valence-corrected chi connectivity index (χ3v) is 5.51. The van der Waals surface area contributed by atoms with Crippen LogP contribution in [0.4, 0.5) is 10.2 Å². The van der Waals surface area contributed by atoms with Crippen molar-refractivity contribution in [2.75, 3.05) is 18.9 Å². The summed E-state index contributed by atoms with van der Waals surface area (Å²) in [4.78, 5) is 30.2. The Bertz CT molecular complexity index is 858. The molecule has 0 aliphatic carbocycles. The number of nitrogens with one attached hydrogen (secondary N) is 1. The molecule has 1 N–H and O–H groups in total. The standard InChI is InChI=1S/C15H14BrClFN5O2/c1-22-6-7(12-11(16)13(17)23(2)21-12)10(15(22)25)14(24)20-9-5-3-4-8(18)19-9/h3-5,7,10H,6H2,1-2H3,(H,19,20,24)/t7-,10-/m0/s1. The summed E-state index contributed by atoms with van der Waals surface area (Å²) in [5, 5.41) is 7.19. The number of amides is 2. The molecule has 3 rings (SSSR count). The zero-order valence-corrected chi connectivity index (χ0v) is 15.7. The normalized spacial score (nSPS) is 20.2. The second-order valence-electron chi connectivity index (χ2n) is 5.75. The van der Waals surface area contributed by atoms with Crippen LogP contribution in [-0.2, 0) is 16.6 Å². The number of rotatable bonds is 3. The highest BCUT2D eigenvalue weighted by Gasteiger charge is 2.46. The van der Waals surface area contributed by atoms with Crippen molar-refractivity contribution < 1.29 is 14.0 Å². The van der Waals surface area contributed by atoms with Gasteiger partial charge in [-0.1, -0.05) is 17.7 Å². The maximum atomic E-state index is 13.2. The van der Waals surface area contributed by atoms with Gasteiger partial charge in [-0.3, -0.25) is 14.3 Å². The minimum absolute atomic E-state index is 0.0456. The lowest BCUT2D eigenvalue weighted by atomic mass is 9.91. The molecular formula is C15H14BrClFN5O2. The molecule has 2 aromatic heterocycles. The SMILES string of the molecule is CN1C[C@H](c2nn(C)c(Cl)c2Br)[C@@H](C(=O)Nc2cccc(F)n2)C1=O. The van der Waals surface area contributed by atoms with Gasteiger partial charge in [0, 0.05) is 26.6 Å². The van der Waals surface area contributed by atoms with E-state index in [-0.39, 0.29) is 11.7 Å². The van der Waals surface area contributed by atoms with E-state index in [4.69, 9.17) is 11.6 Å². The molecule has 10 heteroatoms. The zero-order valence-electron chi connectivity index (χ0n) is 13.3. The van der Waals surface area contributed by atoms with Crippen LogP contribution in [-0.4, -0.2) is 45.1 Å². The summed E-state index contributed by atoms with van der Waals surface area (Å²) in [6.07, 6.45) is 0. The fraction of sp³-hybridized carbons (Fsp3) is 0.333. The van der Waals surface area contributed by atoms with Crippen molar-refractivity contribution in [2.45, 2.75) is 5.92 Å². The van der Waals surface area contributed by atoms with Crippen molar-refractivity contribution >= 4 is 45.2 Å². The highest BCUT2D eigenvalue weighted by atomic mass is 79.9. The molecule has 0 aromatic carbocycles. The molecule has 7 nitrogen and oxygen atoms in total. The lowest BCUT2D eigenvalue weighted by Crippen LogP contribution is -2.33. The first-order valence-corrected chi connectivity index (χ1v) is 8.53. The van der Waals surface area contributed by atoms with Crippen LogP contribution in [0.25, 0.3) is 0 Å². The van der Waals surface area contributed by atoms with Crippen LogP contribution in [0, 0.1) is 11.9 Å². The first kappa shape index (κ1) is 17.8. The maximum Gasteiger partial charge on any atom is 0.238 e. The molecule has 2 amide bonds. The topological polar surface area (TPSA) is 80.1 Å². The minimum Gasteiger partial charge on any atom is -0.344 e. The van der Waals surface area contributed by atoms with Gasteiger partial charge in [-0.15, -0.1) is 0 Å². The first-order valence-electron chi connectivity index (χ1n) is 7.36. The number of likely N-dealkylation sites (tertiary alicyclic amines) is 1. The molecule has 2 atom stereocenters. The summed E-state index contributed by atoms with van der Waals surface area (Å²) in [7, 11) is 3.28. The molecule has 1 aliphatic rings. The third-order valence-electron chi connectivity index (χ3n) is 4.06. The molecule has 0 unspecified atom stereocenters. The van der Waals surface area contributed by atoms with Gasteiger partial charge < -0.3 is 10.2 Å². The van der Waals surface area contributed by atoms with E-state index in [2.05, 4.69) is 31.3 Å². The van der Waals surface area contributed by atoms with Crippen molar-refractivity contribution in [3.63, 3.8) is 0 Å². The Morgan fingerprint density at radius 3 is 2.76 bits per heavy atom. The van der Waals surface area contributed by atoms with E-state index in [9.17, 15) is 14.0 Å². The molecule has 0 radical (unpaired) electrons. The van der Waals surface area contributed by atoms with Crippen LogP contribution in [0.15, 0.2) is 22.7 Å². The molecule has 0 saturated carbocycles. The smallest absolute Gasteiger partial charge is 0.238 e. The van der Waals surface area contributed by atoms with Crippen molar-refractivity contribution in [1.29, 1.82) is 0 Å². The van der Waals surface area contributed by atoms with Crippen LogP contribution < -0.4 is 5.32 Å². The van der Waals surface area contributed by atoms with Crippen LogP contribution >= 0.6 is 27.5 Å². The number of nitrogens with zero attached hydrogens (tertiary/aromatic N) is 4. The number of aryl methyl sites for hydroxylation is 1. The number of likely N-dealkylation sites (N-methyl/N-ethyl adjacent to an activating group) is 1. The molecule has 1 saturated heterocycles. The lowest BCUT2D eigenvalue weighted by molar-refractivity contribution is -0.135. The van der Waals surface area contributed by atoms with Crippen LogP contribution in [0.2, 0.25) is 5.15 Å². The average Bonchev–Trinajstić information content (AvgIpc) is 2.98. The van der Waals surface area contributed by atoms with Gasteiger partial charge in [0.1, 0.15) is 16.9 Å². The molecule has 132 valence electrons. The van der Waals surface area contributed by atoms with E-state index in [1.807, 2.05) is 0 Å². The summed E-state index contributed by atoms with van der Waals surface area (Å²) in [6, 6.07) is 4.04. The number of carbonyl (C=O) groups excluding carboxylic acids is 2. The fourth-order valence-corrected chi connectivity index (χ4v) is 3.62. The molecule has 0 spiro atoms. The maximum absolute atomic E-state index is 13.2. The number of pyridine rings is 1. The monoisotopic (exact) mass is 429 g/mol. The Morgan fingerprint density at radius 2 is 2.16 bits per heavy atom. The third kappa shape index (κ3) is 3.25. The summed E-state index contributed by atoms with van der Waals surface area (Å²) in [5.74, 6) is -3.07. The quantitative estimate of drug-likeness (QED) is 0.598. The number of aromatic nitrogens is 3. The number of halogens is 3. The summed E-state index contributed by atoms with van der Waals surface area (Å²) in [6.45, 7) is 0.319. The molecular weight excluding hydrogens is 417 g/mol. The summed E-state index contributed by atoms with van der Waals surface area (Å²) in [5.41, 5.74) is 0.526. The van der Waals surface area contributed by atoms with Crippen LogP contribution in [0.5, 0.6) is 0 Å². The van der Waals surface area contributed by atoms with Gasteiger partial charge in [0.15, 0.2) is 0 Å². The van der Waals surface area contributed by atoms with Crippen molar-refractivity contribution in [2.24, 2.45) is 13.0 Å². The second kappa shape index (κ2) is 6.72. The minimum atomic E-state index is -1.00. The van der Waals surface area contributed by atoms with Crippen LogP contribution in [0.1, 0.15) is 11.6 Å². The van der Waals surface area contributed by atoms with E-state index in [0.717, 1.165) is 0 Å². The summed E-state index contributed by atoms with van der Waals surface area (Å²) < 4.78 is 15.2. The molecule has 1 fully saturated rings. The van der Waals surface area contributed by atoms with Gasteiger partial charge in [-0.25, -0.2) is 4.98 Å². The zero-order chi connectivity index (χ0) is 18.3. The number of hydrogen-bond acceptors (Lipinski definition) is 4. The van der Waals surface area contributed by atoms with E-state index < -0.39 is 23.7 Å². The Hall–Kier alpha value is -2.00. The largest absolute Gasteiger partial charge is 0.344 e.